The van der Waals surface area contributed by atoms with Gasteiger partial charge in [0.1, 0.15) is 10.6 Å². The molecule has 0 bridgehead atoms. The molecule has 1 aromatic rings. The van der Waals surface area contributed by atoms with Crippen LogP contribution in [0.1, 0.15) is 30.6 Å². The van der Waals surface area contributed by atoms with Crippen LogP contribution in [0.4, 0.5) is 0 Å². The van der Waals surface area contributed by atoms with Crippen molar-refractivity contribution in [1.29, 1.82) is 0 Å². The molecule has 0 aliphatic carbocycles. The molecule has 0 heterocycles. The first-order chi connectivity index (χ1) is 9.27. The molecule has 0 spiro atoms. The van der Waals surface area contributed by atoms with E-state index in [0.29, 0.717) is 12.5 Å². The molecule has 6 nitrogen and oxygen atoms in total. The average Bonchev–Trinajstić information content (AvgIpc) is 2.37. The van der Waals surface area contributed by atoms with Crippen LogP contribution in [-0.4, -0.2) is 33.1 Å². The van der Waals surface area contributed by atoms with Crippen LogP contribution in [0.15, 0.2) is 23.1 Å². The lowest BCUT2D eigenvalue weighted by Crippen LogP contribution is -2.26. The van der Waals surface area contributed by atoms with Gasteiger partial charge >= 0.3 is 5.97 Å². The summed E-state index contributed by atoms with van der Waals surface area (Å²) in [6.45, 7) is 4.32. The Hall–Kier alpha value is -1.60. The van der Waals surface area contributed by atoms with Crippen LogP contribution >= 0.6 is 0 Å². The summed E-state index contributed by atoms with van der Waals surface area (Å²) in [5.41, 5.74) is -0.0250. The number of benzene rings is 1. The standard InChI is InChI=1S/C13H19NO5S/c1-9(2)6-7-14-20(17,18)12-5-4-10(13(15)16)8-11(12)19-3/h4-5,8-9,14H,6-7H2,1-3H3,(H,15,16). The van der Waals surface area contributed by atoms with Gasteiger partial charge in [-0.2, -0.15) is 0 Å². The third-order valence-electron chi connectivity index (χ3n) is 2.71. The number of ether oxygens (including phenoxy) is 1. The summed E-state index contributed by atoms with van der Waals surface area (Å²) in [5.74, 6) is -0.740. The Balaban J connectivity index is 3.02. The van der Waals surface area contributed by atoms with Crippen molar-refractivity contribution in [1.82, 2.24) is 4.72 Å². The van der Waals surface area contributed by atoms with E-state index in [-0.39, 0.29) is 16.2 Å². The van der Waals surface area contributed by atoms with Gasteiger partial charge in [-0.05, 0) is 30.5 Å². The number of methoxy groups -OCH3 is 1. The molecule has 2 N–H and O–H groups in total. The Morgan fingerprint density at radius 2 is 2.05 bits per heavy atom. The van der Waals surface area contributed by atoms with Crippen LogP contribution in [0.25, 0.3) is 0 Å². The molecular weight excluding hydrogens is 282 g/mol. The number of hydrogen-bond donors (Lipinski definition) is 2. The van der Waals surface area contributed by atoms with Gasteiger partial charge in [-0.1, -0.05) is 13.8 Å². The fourth-order valence-corrected chi connectivity index (χ4v) is 2.78. The van der Waals surface area contributed by atoms with E-state index in [0.717, 1.165) is 6.42 Å². The maximum absolute atomic E-state index is 12.1. The fourth-order valence-electron chi connectivity index (χ4n) is 1.58. The highest BCUT2D eigenvalue weighted by Crippen LogP contribution is 2.25. The second kappa shape index (κ2) is 6.71. The lowest BCUT2D eigenvalue weighted by Gasteiger charge is -2.12. The second-order valence-corrected chi connectivity index (χ2v) is 6.49. The predicted molar refractivity (Wildman–Crippen MR) is 74.6 cm³/mol. The zero-order chi connectivity index (χ0) is 15.3. The van der Waals surface area contributed by atoms with E-state index in [9.17, 15) is 13.2 Å². The second-order valence-electron chi connectivity index (χ2n) is 4.75. The molecule has 0 aliphatic heterocycles. The Labute approximate surface area is 118 Å². The molecule has 0 fully saturated rings. The molecule has 0 atom stereocenters. The van der Waals surface area contributed by atoms with E-state index in [1.165, 1.54) is 25.3 Å². The van der Waals surface area contributed by atoms with E-state index in [2.05, 4.69) is 4.72 Å². The molecule has 0 radical (unpaired) electrons. The quantitative estimate of drug-likeness (QED) is 0.800. The molecule has 0 unspecified atom stereocenters. The number of sulfonamides is 1. The Kier molecular flexibility index (Phi) is 5.52. The number of rotatable bonds is 7. The highest BCUT2D eigenvalue weighted by Gasteiger charge is 2.20. The average molecular weight is 301 g/mol. The lowest BCUT2D eigenvalue weighted by molar-refractivity contribution is 0.0696. The summed E-state index contributed by atoms with van der Waals surface area (Å²) >= 11 is 0. The van der Waals surface area contributed by atoms with Crippen molar-refractivity contribution in [3.8, 4) is 5.75 Å². The monoisotopic (exact) mass is 301 g/mol. The van der Waals surface area contributed by atoms with E-state index in [1.807, 2.05) is 13.8 Å². The van der Waals surface area contributed by atoms with Gasteiger partial charge in [0.25, 0.3) is 0 Å². The van der Waals surface area contributed by atoms with Gasteiger partial charge < -0.3 is 9.84 Å². The number of aromatic carboxylic acids is 1. The third kappa shape index (κ3) is 4.21. The van der Waals surface area contributed by atoms with E-state index in [4.69, 9.17) is 9.84 Å². The van der Waals surface area contributed by atoms with E-state index < -0.39 is 16.0 Å². The largest absolute Gasteiger partial charge is 0.495 e. The van der Waals surface area contributed by atoms with Crippen molar-refractivity contribution in [3.05, 3.63) is 23.8 Å². The van der Waals surface area contributed by atoms with Gasteiger partial charge in [-0.15, -0.1) is 0 Å². The van der Waals surface area contributed by atoms with Gasteiger partial charge in [0, 0.05) is 6.54 Å². The van der Waals surface area contributed by atoms with Crippen LogP contribution in [0.3, 0.4) is 0 Å². The summed E-state index contributed by atoms with van der Waals surface area (Å²) in [6, 6.07) is 3.67. The van der Waals surface area contributed by atoms with Gasteiger partial charge in [0.05, 0.1) is 12.7 Å². The van der Waals surface area contributed by atoms with E-state index >= 15 is 0 Å². The van der Waals surface area contributed by atoms with Crippen LogP contribution in [0.5, 0.6) is 5.75 Å². The first-order valence-corrected chi connectivity index (χ1v) is 7.67. The van der Waals surface area contributed by atoms with Crippen molar-refractivity contribution in [2.45, 2.75) is 25.2 Å². The summed E-state index contributed by atoms with van der Waals surface area (Å²) in [4.78, 5) is 10.8. The van der Waals surface area contributed by atoms with E-state index in [1.54, 1.807) is 0 Å². The SMILES string of the molecule is COc1cc(C(=O)O)ccc1S(=O)(=O)NCCC(C)C. The molecule has 0 amide bonds. The van der Waals surface area contributed by atoms with Crippen molar-refractivity contribution in [2.75, 3.05) is 13.7 Å². The molecule has 1 rings (SSSR count). The zero-order valence-electron chi connectivity index (χ0n) is 11.7. The molecule has 0 saturated heterocycles. The molecule has 0 saturated carbocycles. The Morgan fingerprint density at radius 3 is 2.55 bits per heavy atom. The van der Waals surface area contributed by atoms with Crippen molar-refractivity contribution in [3.63, 3.8) is 0 Å². The molecule has 0 aromatic heterocycles. The minimum Gasteiger partial charge on any atom is -0.495 e. The van der Waals surface area contributed by atoms with Crippen LogP contribution in [-0.2, 0) is 10.0 Å². The number of carbonyl (C=O) groups is 1. The third-order valence-corrected chi connectivity index (χ3v) is 4.21. The summed E-state index contributed by atoms with van der Waals surface area (Å²) < 4.78 is 31.7. The molecule has 1 aromatic carbocycles. The van der Waals surface area contributed by atoms with Gasteiger partial charge in [-0.3, -0.25) is 0 Å². The van der Waals surface area contributed by atoms with Crippen molar-refractivity contribution < 1.29 is 23.1 Å². The zero-order valence-corrected chi connectivity index (χ0v) is 12.5. The summed E-state index contributed by atoms with van der Waals surface area (Å²) in [5, 5.41) is 8.88. The fraction of sp³-hybridized carbons (Fsp3) is 0.462. The molecular formula is C13H19NO5S. The van der Waals surface area contributed by atoms with Crippen molar-refractivity contribution >= 4 is 16.0 Å². The molecule has 0 aliphatic rings. The molecule has 7 heteroatoms. The number of carboxylic acid groups (broad SMARTS) is 1. The van der Waals surface area contributed by atoms with Gasteiger partial charge in [-0.25, -0.2) is 17.9 Å². The topological polar surface area (TPSA) is 92.7 Å². The minimum absolute atomic E-state index is 0.0157. The number of carboxylic acids is 1. The maximum Gasteiger partial charge on any atom is 0.335 e. The molecule has 112 valence electrons. The van der Waals surface area contributed by atoms with Gasteiger partial charge in [0.2, 0.25) is 10.0 Å². The lowest BCUT2D eigenvalue weighted by atomic mass is 10.1. The highest BCUT2D eigenvalue weighted by atomic mass is 32.2. The van der Waals surface area contributed by atoms with Crippen LogP contribution in [0.2, 0.25) is 0 Å². The highest BCUT2D eigenvalue weighted by molar-refractivity contribution is 7.89. The van der Waals surface area contributed by atoms with Crippen molar-refractivity contribution in [2.24, 2.45) is 5.92 Å². The summed E-state index contributed by atoms with van der Waals surface area (Å²) in [6.07, 6.45) is 0.717. The molecule has 20 heavy (non-hydrogen) atoms. The Morgan fingerprint density at radius 1 is 1.40 bits per heavy atom. The van der Waals surface area contributed by atoms with Crippen LogP contribution in [0, 0.1) is 5.92 Å². The Bertz CT molecular complexity index is 580. The minimum atomic E-state index is -3.71. The number of hydrogen-bond acceptors (Lipinski definition) is 4. The first-order valence-electron chi connectivity index (χ1n) is 6.19. The summed E-state index contributed by atoms with van der Waals surface area (Å²) in [7, 11) is -2.41. The predicted octanol–water partition coefficient (Wildman–Crippen LogP) is 1.72. The maximum atomic E-state index is 12.1. The van der Waals surface area contributed by atoms with Crippen LogP contribution < -0.4 is 9.46 Å². The smallest absolute Gasteiger partial charge is 0.335 e. The number of nitrogens with one attached hydrogen (secondary N) is 1. The van der Waals surface area contributed by atoms with Gasteiger partial charge in [0.15, 0.2) is 0 Å². The first kappa shape index (κ1) is 16.5. The normalized spacial score (nSPS) is 11.6.